The lowest BCUT2D eigenvalue weighted by molar-refractivity contribution is -0.147. The van der Waals surface area contributed by atoms with Gasteiger partial charge in [0.05, 0.1) is 6.61 Å². The van der Waals surface area contributed by atoms with Gasteiger partial charge in [-0.1, -0.05) is 30.3 Å². The highest BCUT2D eigenvalue weighted by Crippen LogP contribution is 2.01. The Labute approximate surface area is 112 Å². The Balaban J connectivity index is 2.15. The second-order valence-corrected chi connectivity index (χ2v) is 3.87. The SMILES string of the molecule is CCOCCNC(=O)CC(=O)OCc1ccccc1. The number of carbonyl (C=O) groups excluding carboxylic acids is 2. The van der Waals surface area contributed by atoms with Crippen LogP contribution in [0, 0.1) is 0 Å². The van der Waals surface area contributed by atoms with Crippen molar-refractivity contribution in [3.05, 3.63) is 35.9 Å². The average Bonchev–Trinajstić information content (AvgIpc) is 2.42. The summed E-state index contributed by atoms with van der Waals surface area (Å²) in [7, 11) is 0. The third-order valence-electron chi connectivity index (χ3n) is 2.32. The fourth-order valence-corrected chi connectivity index (χ4v) is 1.39. The van der Waals surface area contributed by atoms with Gasteiger partial charge >= 0.3 is 5.97 Å². The van der Waals surface area contributed by atoms with Crippen LogP contribution in [-0.2, 0) is 25.7 Å². The molecular formula is C14H19NO4. The summed E-state index contributed by atoms with van der Waals surface area (Å²) in [6.07, 6.45) is -0.265. The molecule has 1 N–H and O–H groups in total. The minimum Gasteiger partial charge on any atom is -0.460 e. The number of esters is 1. The Morgan fingerprint density at radius 2 is 1.95 bits per heavy atom. The molecule has 0 heterocycles. The average molecular weight is 265 g/mol. The summed E-state index contributed by atoms with van der Waals surface area (Å²) in [6.45, 7) is 3.52. The molecule has 0 unspecified atom stereocenters. The monoisotopic (exact) mass is 265 g/mol. The van der Waals surface area contributed by atoms with Gasteiger partial charge < -0.3 is 14.8 Å². The van der Waals surface area contributed by atoms with Crippen molar-refractivity contribution >= 4 is 11.9 Å². The quantitative estimate of drug-likeness (QED) is 0.437. The van der Waals surface area contributed by atoms with Crippen LogP contribution in [0.2, 0.25) is 0 Å². The van der Waals surface area contributed by atoms with Crippen molar-refractivity contribution in [2.24, 2.45) is 0 Å². The van der Waals surface area contributed by atoms with E-state index in [9.17, 15) is 9.59 Å². The van der Waals surface area contributed by atoms with E-state index in [0.717, 1.165) is 5.56 Å². The maximum atomic E-state index is 11.4. The highest BCUT2D eigenvalue weighted by atomic mass is 16.5. The molecular weight excluding hydrogens is 246 g/mol. The fourth-order valence-electron chi connectivity index (χ4n) is 1.39. The minimum absolute atomic E-state index is 0.186. The number of amides is 1. The minimum atomic E-state index is -0.530. The van der Waals surface area contributed by atoms with E-state index in [4.69, 9.17) is 9.47 Å². The van der Waals surface area contributed by atoms with Crippen LogP contribution in [0.3, 0.4) is 0 Å². The molecule has 0 bridgehead atoms. The maximum Gasteiger partial charge on any atom is 0.315 e. The van der Waals surface area contributed by atoms with Crippen molar-refractivity contribution in [3.8, 4) is 0 Å². The summed E-state index contributed by atoms with van der Waals surface area (Å²) in [4.78, 5) is 22.8. The van der Waals surface area contributed by atoms with Crippen LogP contribution in [0.15, 0.2) is 30.3 Å². The van der Waals surface area contributed by atoms with E-state index in [1.807, 2.05) is 37.3 Å². The molecule has 1 amide bonds. The van der Waals surface area contributed by atoms with Crippen molar-refractivity contribution in [1.82, 2.24) is 5.32 Å². The van der Waals surface area contributed by atoms with E-state index in [1.165, 1.54) is 0 Å². The van der Waals surface area contributed by atoms with Crippen molar-refractivity contribution in [1.29, 1.82) is 0 Å². The van der Waals surface area contributed by atoms with Gasteiger partial charge in [-0.3, -0.25) is 9.59 Å². The Bertz CT molecular complexity index is 392. The van der Waals surface area contributed by atoms with Crippen molar-refractivity contribution in [3.63, 3.8) is 0 Å². The number of hydrogen-bond acceptors (Lipinski definition) is 4. The Morgan fingerprint density at radius 1 is 1.21 bits per heavy atom. The molecule has 0 fully saturated rings. The third-order valence-corrected chi connectivity index (χ3v) is 2.32. The molecule has 0 radical (unpaired) electrons. The standard InChI is InChI=1S/C14H19NO4/c1-2-18-9-8-15-13(16)10-14(17)19-11-12-6-4-3-5-7-12/h3-7H,2,8-11H2,1H3,(H,15,16). The Morgan fingerprint density at radius 3 is 2.63 bits per heavy atom. The maximum absolute atomic E-state index is 11.4. The number of benzene rings is 1. The Kier molecular flexibility index (Phi) is 7.27. The molecule has 0 spiro atoms. The van der Waals surface area contributed by atoms with Crippen molar-refractivity contribution < 1.29 is 19.1 Å². The lowest BCUT2D eigenvalue weighted by Gasteiger charge is -2.06. The fraction of sp³-hybridized carbons (Fsp3) is 0.429. The highest BCUT2D eigenvalue weighted by Gasteiger charge is 2.10. The van der Waals surface area contributed by atoms with E-state index in [-0.39, 0.29) is 18.9 Å². The molecule has 19 heavy (non-hydrogen) atoms. The molecule has 5 heteroatoms. The number of ether oxygens (including phenoxy) is 2. The number of nitrogens with one attached hydrogen (secondary N) is 1. The first-order valence-electron chi connectivity index (χ1n) is 6.26. The molecule has 1 rings (SSSR count). The van der Waals surface area contributed by atoms with Gasteiger partial charge in [-0.25, -0.2) is 0 Å². The van der Waals surface area contributed by atoms with Gasteiger partial charge in [0.15, 0.2) is 0 Å². The third kappa shape index (κ3) is 7.21. The van der Waals surface area contributed by atoms with Crippen LogP contribution < -0.4 is 5.32 Å². The van der Waals surface area contributed by atoms with Gasteiger partial charge in [0.2, 0.25) is 5.91 Å². The van der Waals surface area contributed by atoms with E-state index in [0.29, 0.717) is 19.8 Å². The first-order chi connectivity index (χ1) is 9.22. The molecule has 0 aromatic heterocycles. The largest absolute Gasteiger partial charge is 0.460 e. The predicted molar refractivity (Wildman–Crippen MR) is 70.4 cm³/mol. The molecule has 5 nitrogen and oxygen atoms in total. The molecule has 0 aliphatic heterocycles. The summed E-state index contributed by atoms with van der Waals surface area (Å²) in [5.41, 5.74) is 0.896. The Hall–Kier alpha value is -1.88. The molecule has 0 aliphatic rings. The normalized spacial score (nSPS) is 9.95. The van der Waals surface area contributed by atoms with Crippen molar-refractivity contribution in [2.45, 2.75) is 20.0 Å². The topological polar surface area (TPSA) is 64.6 Å². The van der Waals surface area contributed by atoms with Crippen LogP contribution in [0.25, 0.3) is 0 Å². The summed E-state index contributed by atoms with van der Waals surface area (Å²) in [5, 5.41) is 2.58. The van der Waals surface area contributed by atoms with Crippen LogP contribution in [0.5, 0.6) is 0 Å². The number of hydrogen-bond donors (Lipinski definition) is 1. The second kappa shape index (κ2) is 9.10. The molecule has 1 aromatic rings. The van der Waals surface area contributed by atoms with E-state index < -0.39 is 5.97 Å². The van der Waals surface area contributed by atoms with Gasteiger partial charge in [-0.15, -0.1) is 0 Å². The van der Waals surface area contributed by atoms with Gasteiger partial charge in [-0.05, 0) is 12.5 Å². The first-order valence-corrected chi connectivity index (χ1v) is 6.26. The van der Waals surface area contributed by atoms with Crippen LogP contribution in [0.4, 0.5) is 0 Å². The lowest BCUT2D eigenvalue weighted by atomic mass is 10.2. The van der Waals surface area contributed by atoms with Crippen LogP contribution in [0.1, 0.15) is 18.9 Å². The molecule has 0 saturated heterocycles. The lowest BCUT2D eigenvalue weighted by Crippen LogP contribution is -2.29. The zero-order valence-corrected chi connectivity index (χ0v) is 11.1. The summed E-state index contributed by atoms with van der Waals surface area (Å²) < 4.78 is 10.1. The summed E-state index contributed by atoms with van der Waals surface area (Å²) in [6, 6.07) is 9.33. The van der Waals surface area contributed by atoms with Gasteiger partial charge in [-0.2, -0.15) is 0 Å². The van der Waals surface area contributed by atoms with Crippen LogP contribution in [-0.4, -0.2) is 31.6 Å². The summed E-state index contributed by atoms with van der Waals surface area (Å²) in [5.74, 6) is -0.879. The van der Waals surface area contributed by atoms with E-state index >= 15 is 0 Å². The molecule has 0 atom stereocenters. The predicted octanol–water partition coefficient (Wildman–Crippen LogP) is 1.27. The second-order valence-electron chi connectivity index (χ2n) is 3.87. The number of carbonyl (C=O) groups is 2. The first kappa shape index (κ1) is 15.2. The zero-order chi connectivity index (χ0) is 13.9. The van der Waals surface area contributed by atoms with E-state index in [1.54, 1.807) is 0 Å². The molecule has 0 aliphatic carbocycles. The summed E-state index contributed by atoms with van der Waals surface area (Å²) >= 11 is 0. The molecule has 104 valence electrons. The van der Waals surface area contributed by atoms with Gasteiger partial charge in [0, 0.05) is 13.2 Å². The smallest absolute Gasteiger partial charge is 0.315 e. The molecule has 0 saturated carbocycles. The van der Waals surface area contributed by atoms with Gasteiger partial charge in [0.25, 0.3) is 0 Å². The van der Waals surface area contributed by atoms with E-state index in [2.05, 4.69) is 5.32 Å². The molecule has 1 aromatic carbocycles. The van der Waals surface area contributed by atoms with Gasteiger partial charge in [0.1, 0.15) is 13.0 Å². The highest BCUT2D eigenvalue weighted by molar-refractivity contribution is 5.94. The number of rotatable bonds is 8. The van der Waals surface area contributed by atoms with Crippen molar-refractivity contribution in [2.75, 3.05) is 19.8 Å². The van der Waals surface area contributed by atoms with Crippen LogP contribution >= 0.6 is 0 Å². The zero-order valence-electron chi connectivity index (χ0n) is 11.1.